The lowest BCUT2D eigenvalue weighted by Crippen LogP contribution is -2.22. The second-order valence-corrected chi connectivity index (χ2v) is 10.8. The lowest BCUT2D eigenvalue weighted by molar-refractivity contribution is 0.0951. The molecule has 0 spiro atoms. The van der Waals surface area contributed by atoms with Crippen molar-refractivity contribution in [1.82, 2.24) is 19.9 Å². The molecule has 6 rings (SSSR count). The van der Waals surface area contributed by atoms with Gasteiger partial charge in [-0.3, -0.25) is 9.78 Å². The summed E-state index contributed by atoms with van der Waals surface area (Å²) >= 11 is 12.1. The van der Waals surface area contributed by atoms with Crippen LogP contribution in [0.3, 0.4) is 0 Å². The summed E-state index contributed by atoms with van der Waals surface area (Å²) in [6, 6.07) is 27.0. The van der Waals surface area contributed by atoms with Crippen molar-refractivity contribution in [3.8, 4) is 28.4 Å². The Labute approximate surface area is 276 Å². The molecule has 6 aromatic rings. The number of carbonyl (C=O) groups excluding carboxylic acids is 1. The lowest BCUT2D eigenvalue weighted by atomic mass is 10.1. The van der Waals surface area contributed by atoms with Crippen LogP contribution in [0.2, 0.25) is 10.0 Å². The molecule has 9 nitrogen and oxygen atoms in total. The Morgan fingerprint density at radius 1 is 0.978 bits per heavy atom. The van der Waals surface area contributed by atoms with E-state index in [-0.39, 0.29) is 5.91 Å². The zero-order valence-corrected chi connectivity index (χ0v) is 26.5. The van der Waals surface area contributed by atoms with Crippen LogP contribution in [0, 0.1) is 0 Å². The molecule has 0 saturated carbocycles. The summed E-state index contributed by atoms with van der Waals surface area (Å²) < 4.78 is 13.6. The molecule has 1 amide bonds. The number of aliphatic imine (C=N–C) groups is 1. The zero-order valence-electron chi connectivity index (χ0n) is 25.0. The summed E-state index contributed by atoms with van der Waals surface area (Å²) in [5, 5.41) is 3.92. The van der Waals surface area contributed by atoms with E-state index < -0.39 is 0 Å². The number of pyridine rings is 1. The molecule has 0 atom stereocenters. The van der Waals surface area contributed by atoms with Gasteiger partial charge in [-0.1, -0.05) is 47.5 Å². The number of amides is 1. The topological polar surface area (TPSA) is 121 Å². The molecule has 0 aliphatic heterocycles. The number of hydrogen-bond donors (Lipinski definition) is 2. The van der Waals surface area contributed by atoms with Gasteiger partial charge in [0.2, 0.25) is 0 Å². The molecule has 0 unspecified atom stereocenters. The van der Waals surface area contributed by atoms with Crippen LogP contribution < -0.4 is 15.8 Å². The van der Waals surface area contributed by atoms with Gasteiger partial charge in [0.15, 0.2) is 0 Å². The Bertz CT molecular complexity index is 1940. The van der Waals surface area contributed by atoms with Crippen molar-refractivity contribution < 1.29 is 13.9 Å². The number of aromatic nitrogens is 3. The van der Waals surface area contributed by atoms with Gasteiger partial charge >= 0.3 is 0 Å². The molecule has 0 radical (unpaired) electrons. The largest absolute Gasteiger partial charge is 0.496 e. The summed E-state index contributed by atoms with van der Waals surface area (Å²) in [6.07, 6.45) is 7.05. The van der Waals surface area contributed by atoms with Gasteiger partial charge in [-0.2, -0.15) is 0 Å². The number of nitrogens with two attached hydrogens (primary N) is 1. The highest BCUT2D eigenvalue weighted by Gasteiger charge is 2.14. The highest BCUT2D eigenvalue weighted by molar-refractivity contribution is 6.35. The number of ether oxygens (including phenoxy) is 1. The Morgan fingerprint density at radius 2 is 1.78 bits per heavy atom. The average molecular weight is 654 g/mol. The number of benzene rings is 3. The quantitative estimate of drug-likeness (QED) is 0.128. The van der Waals surface area contributed by atoms with Gasteiger partial charge in [-0.05, 0) is 66.2 Å². The first-order valence-electron chi connectivity index (χ1n) is 14.1. The van der Waals surface area contributed by atoms with E-state index in [0.717, 1.165) is 16.7 Å². The van der Waals surface area contributed by atoms with Crippen LogP contribution in [0.1, 0.15) is 21.6 Å². The van der Waals surface area contributed by atoms with Crippen LogP contribution >= 0.6 is 23.2 Å². The molecule has 3 aromatic carbocycles. The molecule has 0 aliphatic carbocycles. The molecular formula is C35H30Cl2N6O3. The number of methoxy groups -OCH3 is 1. The fourth-order valence-electron chi connectivity index (χ4n) is 4.36. The summed E-state index contributed by atoms with van der Waals surface area (Å²) in [5.74, 6) is 1.96. The Morgan fingerprint density at radius 3 is 2.43 bits per heavy atom. The third-order valence-electron chi connectivity index (χ3n) is 6.76. The monoisotopic (exact) mass is 652 g/mol. The second kappa shape index (κ2) is 15.1. The van der Waals surface area contributed by atoms with Crippen LogP contribution in [0.25, 0.3) is 22.6 Å². The maximum absolute atomic E-state index is 12.6. The van der Waals surface area contributed by atoms with Gasteiger partial charge in [0, 0.05) is 59.4 Å². The number of nitrogens with zero attached hydrogens (tertiary/aromatic N) is 4. The Hall–Kier alpha value is -5.38. The molecule has 0 bridgehead atoms. The first kappa shape index (κ1) is 32.0. The maximum atomic E-state index is 12.6. The molecule has 11 heteroatoms. The molecule has 0 aliphatic rings. The maximum Gasteiger partial charge on any atom is 0.251 e. The van der Waals surface area contributed by atoms with Crippen molar-refractivity contribution in [3.63, 3.8) is 0 Å². The molecule has 3 heterocycles. The zero-order chi connectivity index (χ0) is 32.5. The molecular weight excluding hydrogens is 623 g/mol. The van der Waals surface area contributed by atoms with Crippen LogP contribution in [0.4, 0.5) is 5.69 Å². The van der Waals surface area contributed by atoms with E-state index in [1.54, 1.807) is 68.3 Å². The van der Waals surface area contributed by atoms with Crippen LogP contribution in [-0.4, -0.2) is 33.4 Å². The Balaban J connectivity index is 0.000000624. The highest BCUT2D eigenvalue weighted by Crippen LogP contribution is 2.36. The van der Waals surface area contributed by atoms with E-state index in [9.17, 15) is 4.79 Å². The first-order valence-corrected chi connectivity index (χ1v) is 14.8. The van der Waals surface area contributed by atoms with E-state index >= 15 is 0 Å². The van der Waals surface area contributed by atoms with Crippen LogP contribution in [-0.2, 0) is 13.6 Å². The summed E-state index contributed by atoms with van der Waals surface area (Å²) in [7, 11) is 3.52. The van der Waals surface area contributed by atoms with Gasteiger partial charge in [-0.25, -0.2) is 9.98 Å². The smallest absolute Gasteiger partial charge is 0.251 e. The molecule has 0 fully saturated rings. The standard InChI is InChI=1S/C31H24Cl2N4O3.C4H6N2/c1-39-29-17-23(37-30(34)26-4-2-3-15-35-26)11-12-24(29)28-14-13-27(40-28)19-5-7-20(8-6-19)31(38)36-18-21-9-10-22(32)16-25(21)33;1-6-3-2-5-4-6/h2-17H,18H2,1H3,(H2,34,37)(H,36,38);2-4H,1H3. The van der Waals surface area contributed by atoms with Gasteiger partial charge in [0.1, 0.15) is 28.8 Å². The normalized spacial score (nSPS) is 11.0. The van der Waals surface area contributed by atoms with Crippen molar-refractivity contribution in [2.24, 2.45) is 17.8 Å². The third-order valence-corrected chi connectivity index (χ3v) is 7.34. The summed E-state index contributed by atoms with van der Waals surface area (Å²) in [4.78, 5) is 25.1. The number of aryl methyl sites for hydroxylation is 1. The second-order valence-electron chi connectivity index (χ2n) is 9.98. The third kappa shape index (κ3) is 8.20. The van der Waals surface area contributed by atoms with Crippen molar-refractivity contribution in [2.75, 3.05) is 7.11 Å². The summed E-state index contributed by atoms with van der Waals surface area (Å²) in [5.41, 5.74) is 10.2. The number of halogens is 2. The highest BCUT2D eigenvalue weighted by atomic mass is 35.5. The van der Waals surface area contributed by atoms with Gasteiger partial charge in [0.25, 0.3) is 5.91 Å². The molecule has 0 saturated heterocycles. The van der Waals surface area contributed by atoms with Gasteiger partial charge < -0.3 is 24.8 Å². The fraction of sp³-hybridized carbons (Fsp3) is 0.0857. The van der Waals surface area contributed by atoms with Gasteiger partial charge in [0.05, 0.1) is 24.7 Å². The summed E-state index contributed by atoms with van der Waals surface area (Å²) in [6.45, 7) is 0.291. The molecule has 3 aromatic heterocycles. The number of imidazole rings is 1. The van der Waals surface area contributed by atoms with Crippen molar-refractivity contribution in [2.45, 2.75) is 6.54 Å². The minimum atomic E-state index is -0.214. The van der Waals surface area contributed by atoms with Crippen LogP contribution in [0.5, 0.6) is 5.75 Å². The number of furan rings is 1. The first-order chi connectivity index (χ1) is 22.3. The van der Waals surface area contributed by atoms with E-state index in [0.29, 0.717) is 56.6 Å². The van der Waals surface area contributed by atoms with Crippen LogP contribution in [0.15, 0.2) is 125 Å². The van der Waals surface area contributed by atoms with Crippen molar-refractivity contribution >= 4 is 40.6 Å². The number of amidine groups is 1. The minimum absolute atomic E-state index is 0.214. The molecule has 3 N–H and O–H groups in total. The number of hydrogen-bond acceptors (Lipinski definition) is 6. The van der Waals surface area contributed by atoms with E-state index in [1.807, 2.05) is 66.3 Å². The predicted octanol–water partition coefficient (Wildman–Crippen LogP) is 7.71. The van der Waals surface area contributed by atoms with Crippen molar-refractivity contribution in [1.29, 1.82) is 0 Å². The van der Waals surface area contributed by atoms with Crippen molar-refractivity contribution in [3.05, 3.63) is 143 Å². The SMILES string of the molecule is COc1cc(N=C(N)c2ccccn2)ccc1-c1ccc(-c2ccc(C(=O)NCc3ccc(Cl)cc3Cl)cc2)o1.Cn1ccnc1. The molecule has 46 heavy (non-hydrogen) atoms. The average Bonchev–Trinajstić information content (AvgIpc) is 3.77. The number of carbonyl (C=O) groups is 1. The lowest BCUT2D eigenvalue weighted by Gasteiger charge is -2.08. The predicted molar refractivity (Wildman–Crippen MR) is 182 cm³/mol. The number of nitrogens with one attached hydrogen (secondary N) is 1. The van der Waals surface area contributed by atoms with Gasteiger partial charge in [-0.15, -0.1) is 0 Å². The Kier molecular flexibility index (Phi) is 10.5. The molecule has 232 valence electrons. The number of rotatable bonds is 8. The van der Waals surface area contributed by atoms with E-state index in [4.69, 9.17) is 38.1 Å². The fourth-order valence-corrected chi connectivity index (χ4v) is 4.83. The van der Waals surface area contributed by atoms with E-state index in [2.05, 4.69) is 20.3 Å². The minimum Gasteiger partial charge on any atom is -0.496 e. The van der Waals surface area contributed by atoms with E-state index in [1.165, 1.54) is 0 Å².